The highest BCUT2D eigenvalue weighted by Gasteiger charge is 2.22. The van der Waals surface area contributed by atoms with Gasteiger partial charge in [-0.1, -0.05) is 33.6 Å². The predicted molar refractivity (Wildman–Crippen MR) is 75.1 cm³/mol. The molecule has 0 aliphatic carbocycles. The van der Waals surface area contributed by atoms with Crippen molar-refractivity contribution in [3.63, 3.8) is 0 Å². The molecule has 0 saturated carbocycles. The van der Waals surface area contributed by atoms with E-state index in [0.717, 1.165) is 0 Å². The van der Waals surface area contributed by atoms with E-state index in [1.54, 1.807) is 18.2 Å². The molecule has 0 bridgehead atoms. The van der Waals surface area contributed by atoms with Crippen LogP contribution in [0.4, 0.5) is 8.78 Å². The van der Waals surface area contributed by atoms with E-state index in [2.05, 4.69) is 15.9 Å². The molecule has 0 aliphatic rings. The van der Waals surface area contributed by atoms with E-state index in [4.69, 9.17) is 16.3 Å². The summed E-state index contributed by atoms with van der Waals surface area (Å²) >= 11 is 9.22. The summed E-state index contributed by atoms with van der Waals surface area (Å²) in [5.74, 6) is -0.735. The van der Waals surface area contributed by atoms with E-state index in [1.165, 1.54) is 25.3 Å². The fourth-order valence-electron chi connectivity index (χ4n) is 1.81. The van der Waals surface area contributed by atoms with Crippen molar-refractivity contribution in [3.8, 4) is 5.75 Å². The molecule has 5 heteroatoms. The number of hydrogen-bond donors (Lipinski definition) is 0. The first-order valence-electron chi connectivity index (χ1n) is 5.46. The van der Waals surface area contributed by atoms with E-state index in [9.17, 15) is 8.78 Å². The Kier molecular flexibility index (Phi) is 4.42. The van der Waals surface area contributed by atoms with Crippen LogP contribution in [0.3, 0.4) is 0 Å². The Hall–Kier alpha value is -1.13. The molecule has 1 unspecified atom stereocenters. The number of hydrogen-bond acceptors (Lipinski definition) is 1. The molecule has 2 aromatic carbocycles. The minimum Gasteiger partial charge on any atom is -0.496 e. The summed E-state index contributed by atoms with van der Waals surface area (Å²) in [6, 6.07) is 8.67. The number of ether oxygens (including phenoxy) is 1. The van der Waals surface area contributed by atoms with Crippen LogP contribution in [0.15, 0.2) is 36.4 Å². The van der Waals surface area contributed by atoms with Crippen molar-refractivity contribution in [1.29, 1.82) is 0 Å². The summed E-state index contributed by atoms with van der Waals surface area (Å²) in [6.45, 7) is 0. The molecule has 2 aromatic rings. The van der Waals surface area contributed by atoms with Crippen LogP contribution in [0, 0.1) is 11.6 Å². The second kappa shape index (κ2) is 5.88. The van der Waals surface area contributed by atoms with Crippen molar-refractivity contribution >= 4 is 27.5 Å². The first-order valence-corrected chi connectivity index (χ1v) is 6.75. The molecule has 1 nitrogen and oxygen atoms in total. The van der Waals surface area contributed by atoms with Gasteiger partial charge in [-0.15, -0.1) is 0 Å². The van der Waals surface area contributed by atoms with Crippen molar-refractivity contribution in [1.82, 2.24) is 0 Å². The van der Waals surface area contributed by atoms with E-state index in [0.29, 0.717) is 16.3 Å². The Morgan fingerprint density at radius 2 is 1.79 bits per heavy atom. The molecule has 0 N–H and O–H groups in total. The molecule has 2 rings (SSSR count). The van der Waals surface area contributed by atoms with Crippen molar-refractivity contribution in [2.75, 3.05) is 7.11 Å². The first-order chi connectivity index (χ1) is 9.04. The molecular formula is C14H10BrClF2O. The first kappa shape index (κ1) is 14.3. The van der Waals surface area contributed by atoms with Crippen LogP contribution < -0.4 is 4.74 Å². The van der Waals surface area contributed by atoms with Gasteiger partial charge in [0.05, 0.1) is 11.9 Å². The fraction of sp³-hybridized carbons (Fsp3) is 0.143. The van der Waals surface area contributed by atoms with E-state index >= 15 is 0 Å². The van der Waals surface area contributed by atoms with Gasteiger partial charge in [0.15, 0.2) is 0 Å². The molecule has 0 heterocycles. The number of halogens is 4. The van der Waals surface area contributed by atoms with Crippen LogP contribution in [0.2, 0.25) is 5.02 Å². The molecule has 0 aliphatic heterocycles. The number of alkyl halides is 1. The minimum atomic E-state index is -0.678. The molecule has 0 fully saturated rings. The topological polar surface area (TPSA) is 9.23 Å². The van der Waals surface area contributed by atoms with Crippen LogP contribution in [-0.4, -0.2) is 7.11 Å². The standard InChI is InChI=1S/C14H10BrClF2O/c1-19-12-6-5-8(16)7-9(12)14(15)13-10(17)3-2-4-11(13)18/h2-7,14H,1H3. The van der Waals surface area contributed by atoms with Gasteiger partial charge < -0.3 is 4.74 Å². The number of benzene rings is 2. The third-order valence-corrected chi connectivity index (χ3v) is 3.90. The largest absolute Gasteiger partial charge is 0.496 e. The molecule has 19 heavy (non-hydrogen) atoms. The van der Waals surface area contributed by atoms with Gasteiger partial charge in [0.2, 0.25) is 0 Å². The van der Waals surface area contributed by atoms with Gasteiger partial charge in [-0.05, 0) is 30.3 Å². The zero-order valence-corrected chi connectivity index (χ0v) is 12.3. The lowest BCUT2D eigenvalue weighted by atomic mass is 10.0. The molecule has 0 amide bonds. The van der Waals surface area contributed by atoms with Gasteiger partial charge in [-0.2, -0.15) is 0 Å². The quantitative estimate of drug-likeness (QED) is 0.701. The van der Waals surface area contributed by atoms with Crippen LogP contribution in [0.1, 0.15) is 16.0 Å². The lowest BCUT2D eigenvalue weighted by Crippen LogP contribution is -2.02. The summed E-state index contributed by atoms with van der Waals surface area (Å²) in [5.41, 5.74) is 0.502. The van der Waals surface area contributed by atoms with Gasteiger partial charge in [0, 0.05) is 16.1 Å². The van der Waals surface area contributed by atoms with Gasteiger partial charge in [-0.3, -0.25) is 0 Å². The molecule has 100 valence electrons. The van der Waals surface area contributed by atoms with Crippen molar-refractivity contribution in [3.05, 3.63) is 64.2 Å². The molecular weight excluding hydrogens is 338 g/mol. The Bertz CT molecular complexity index is 584. The average molecular weight is 348 g/mol. The Balaban J connectivity index is 2.55. The summed E-state index contributed by atoms with van der Waals surface area (Å²) < 4.78 is 32.7. The molecule has 0 aromatic heterocycles. The lowest BCUT2D eigenvalue weighted by molar-refractivity contribution is 0.410. The maximum absolute atomic E-state index is 13.8. The van der Waals surface area contributed by atoms with E-state index in [-0.39, 0.29) is 5.56 Å². The minimum absolute atomic E-state index is 0.0666. The number of rotatable bonds is 3. The number of methoxy groups -OCH3 is 1. The maximum atomic E-state index is 13.8. The SMILES string of the molecule is COc1ccc(Cl)cc1C(Br)c1c(F)cccc1F. The maximum Gasteiger partial charge on any atom is 0.130 e. The van der Waals surface area contributed by atoms with Crippen LogP contribution in [-0.2, 0) is 0 Å². The van der Waals surface area contributed by atoms with Crippen LogP contribution in [0.25, 0.3) is 0 Å². The molecule has 0 radical (unpaired) electrons. The van der Waals surface area contributed by atoms with Crippen LogP contribution in [0.5, 0.6) is 5.75 Å². The molecule has 1 atom stereocenters. The van der Waals surface area contributed by atoms with Crippen molar-refractivity contribution in [2.24, 2.45) is 0 Å². The monoisotopic (exact) mass is 346 g/mol. The molecule has 0 saturated heterocycles. The Morgan fingerprint density at radius 3 is 2.37 bits per heavy atom. The van der Waals surface area contributed by atoms with E-state index in [1.807, 2.05) is 0 Å². The zero-order chi connectivity index (χ0) is 14.0. The lowest BCUT2D eigenvalue weighted by Gasteiger charge is -2.16. The second-order valence-electron chi connectivity index (χ2n) is 3.88. The van der Waals surface area contributed by atoms with Crippen molar-refractivity contribution in [2.45, 2.75) is 4.83 Å². The van der Waals surface area contributed by atoms with Gasteiger partial charge in [0.1, 0.15) is 17.4 Å². The fourth-order valence-corrected chi connectivity index (χ4v) is 2.79. The highest BCUT2D eigenvalue weighted by Crippen LogP contribution is 2.39. The normalized spacial score (nSPS) is 12.3. The summed E-state index contributed by atoms with van der Waals surface area (Å²) in [7, 11) is 1.49. The summed E-state index contributed by atoms with van der Waals surface area (Å²) in [5, 5.41) is 0.469. The Morgan fingerprint density at radius 1 is 1.16 bits per heavy atom. The highest BCUT2D eigenvalue weighted by molar-refractivity contribution is 9.09. The summed E-state index contributed by atoms with van der Waals surface area (Å²) in [4.78, 5) is -0.678. The average Bonchev–Trinajstić information content (AvgIpc) is 2.38. The summed E-state index contributed by atoms with van der Waals surface area (Å²) in [6.07, 6.45) is 0. The van der Waals surface area contributed by atoms with Gasteiger partial charge >= 0.3 is 0 Å². The predicted octanol–water partition coefficient (Wildman–Crippen LogP) is 5.11. The third kappa shape index (κ3) is 2.90. The smallest absolute Gasteiger partial charge is 0.130 e. The highest BCUT2D eigenvalue weighted by atomic mass is 79.9. The molecule has 0 spiro atoms. The van der Waals surface area contributed by atoms with Gasteiger partial charge in [-0.25, -0.2) is 8.78 Å². The third-order valence-electron chi connectivity index (χ3n) is 2.72. The van der Waals surface area contributed by atoms with E-state index < -0.39 is 16.5 Å². The second-order valence-corrected chi connectivity index (χ2v) is 5.24. The van der Waals surface area contributed by atoms with Crippen molar-refractivity contribution < 1.29 is 13.5 Å². The van der Waals surface area contributed by atoms with Crippen LogP contribution >= 0.6 is 27.5 Å². The van der Waals surface area contributed by atoms with Gasteiger partial charge in [0.25, 0.3) is 0 Å². The Labute approximate surface area is 123 Å². The zero-order valence-electron chi connectivity index (χ0n) is 9.96.